The lowest BCUT2D eigenvalue weighted by Crippen LogP contribution is -2.36. The van der Waals surface area contributed by atoms with Crippen LogP contribution in [0.15, 0.2) is 0 Å². The zero-order valence-electron chi connectivity index (χ0n) is 11.1. The van der Waals surface area contributed by atoms with Crippen LogP contribution in [-0.4, -0.2) is 55.7 Å². The van der Waals surface area contributed by atoms with Gasteiger partial charge in [-0.05, 0) is 83.7 Å². The van der Waals surface area contributed by atoms with E-state index in [1.54, 1.807) is 0 Å². The molecule has 2 aliphatic heterocycles. The Kier molecular flexibility index (Phi) is 5.75. The van der Waals surface area contributed by atoms with E-state index >= 15 is 0 Å². The fourth-order valence-electron chi connectivity index (χ4n) is 3.19. The van der Waals surface area contributed by atoms with Gasteiger partial charge in [-0.1, -0.05) is 0 Å². The van der Waals surface area contributed by atoms with Crippen molar-refractivity contribution >= 4 is 0 Å². The van der Waals surface area contributed by atoms with Crippen LogP contribution < -0.4 is 0 Å². The van der Waals surface area contributed by atoms with E-state index in [1.165, 1.54) is 71.4 Å². The van der Waals surface area contributed by atoms with Crippen molar-refractivity contribution in [1.29, 1.82) is 0 Å². The van der Waals surface area contributed by atoms with Gasteiger partial charge >= 0.3 is 0 Å². The average Bonchev–Trinajstić information content (AvgIpc) is 2.85. The summed E-state index contributed by atoms with van der Waals surface area (Å²) in [6.45, 7) is 7.78. The Bertz CT molecular complexity index is 196. The van der Waals surface area contributed by atoms with Gasteiger partial charge < -0.3 is 9.80 Å². The van der Waals surface area contributed by atoms with Gasteiger partial charge in [-0.15, -0.1) is 0 Å². The molecule has 0 bridgehead atoms. The topological polar surface area (TPSA) is 26.4 Å². The second kappa shape index (κ2) is 7.34. The molecule has 3 heteroatoms. The van der Waals surface area contributed by atoms with E-state index in [-0.39, 0.29) is 6.61 Å². The summed E-state index contributed by atoms with van der Waals surface area (Å²) in [4.78, 5) is 5.20. The Balaban J connectivity index is 1.52. The van der Waals surface area contributed by atoms with Crippen molar-refractivity contribution in [2.75, 3.05) is 45.9 Å². The van der Waals surface area contributed by atoms with E-state index < -0.39 is 0 Å². The SMILES string of the molecule is [O]CCC1CCN(CCCN2CCCC2)CC1. The van der Waals surface area contributed by atoms with E-state index in [9.17, 15) is 5.11 Å². The summed E-state index contributed by atoms with van der Waals surface area (Å²) in [5.74, 6) is 0.724. The third kappa shape index (κ3) is 4.57. The van der Waals surface area contributed by atoms with Gasteiger partial charge in [-0.2, -0.15) is 0 Å². The normalized spacial score (nSPS) is 24.5. The molecule has 0 spiro atoms. The summed E-state index contributed by atoms with van der Waals surface area (Å²) in [7, 11) is 0. The highest BCUT2D eigenvalue weighted by atomic mass is 16.3. The van der Waals surface area contributed by atoms with E-state index in [0.717, 1.165) is 12.3 Å². The molecule has 2 heterocycles. The van der Waals surface area contributed by atoms with E-state index in [1.807, 2.05) is 0 Å². The first kappa shape index (κ1) is 13.3. The molecule has 0 aromatic carbocycles. The van der Waals surface area contributed by atoms with E-state index in [2.05, 4.69) is 9.80 Å². The van der Waals surface area contributed by atoms with Gasteiger partial charge in [-0.25, -0.2) is 5.11 Å². The number of hydrogen-bond acceptors (Lipinski definition) is 2. The summed E-state index contributed by atoms with van der Waals surface area (Å²) in [6, 6.07) is 0. The fraction of sp³-hybridized carbons (Fsp3) is 1.00. The average molecular weight is 239 g/mol. The molecule has 3 nitrogen and oxygen atoms in total. The van der Waals surface area contributed by atoms with Crippen molar-refractivity contribution in [3.8, 4) is 0 Å². The Morgan fingerprint density at radius 1 is 0.882 bits per heavy atom. The molecule has 2 rings (SSSR count). The molecule has 0 N–H and O–H groups in total. The molecular formula is C14H27N2O. The zero-order chi connectivity index (χ0) is 11.9. The van der Waals surface area contributed by atoms with Crippen LogP contribution in [0.5, 0.6) is 0 Å². The highest BCUT2D eigenvalue weighted by Crippen LogP contribution is 2.20. The first-order chi connectivity index (χ1) is 8.38. The van der Waals surface area contributed by atoms with E-state index in [4.69, 9.17) is 0 Å². The van der Waals surface area contributed by atoms with Gasteiger partial charge in [0.2, 0.25) is 0 Å². The van der Waals surface area contributed by atoms with Crippen LogP contribution in [0.3, 0.4) is 0 Å². The summed E-state index contributed by atoms with van der Waals surface area (Å²) in [6.07, 6.45) is 7.55. The molecule has 0 atom stereocenters. The molecule has 2 aliphatic rings. The smallest absolute Gasteiger partial charge is 0.0825 e. The Morgan fingerprint density at radius 2 is 1.47 bits per heavy atom. The van der Waals surface area contributed by atoms with Crippen molar-refractivity contribution < 1.29 is 5.11 Å². The molecule has 1 radical (unpaired) electrons. The second-order valence-corrected chi connectivity index (χ2v) is 5.68. The third-order valence-electron chi connectivity index (χ3n) is 4.38. The third-order valence-corrected chi connectivity index (χ3v) is 4.38. The standard InChI is InChI=1S/C14H27N2O/c17-13-6-14-4-11-16(12-5-14)10-3-9-15-7-1-2-8-15/h14H,1-13H2. The van der Waals surface area contributed by atoms with Crippen LogP contribution in [0.1, 0.15) is 38.5 Å². The van der Waals surface area contributed by atoms with Gasteiger partial charge in [0.05, 0.1) is 6.61 Å². The zero-order valence-corrected chi connectivity index (χ0v) is 11.1. The van der Waals surface area contributed by atoms with Gasteiger partial charge in [0.15, 0.2) is 0 Å². The second-order valence-electron chi connectivity index (χ2n) is 5.68. The minimum absolute atomic E-state index is 0.125. The molecule has 0 aliphatic carbocycles. The maximum absolute atomic E-state index is 10.6. The van der Waals surface area contributed by atoms with Gasteiger partial charge in [0.25, 0.3) is 0 Å². The maximum Gasteiger partial charge on any atom is 0.0825 e. The number of hydrogen-bond donors (Lipinski definition) is 0. The lowest BCUT2D eigenvalue weighted by molar-refractivity contribution is 0.127. The van der Waals surface area contributed by atoms with Gasteiger partial charge in [-0.3, -0.25) is 0 Å². The Labute approximate surface area is 106 Å². The molecule has 2 saturated heterocycles. The molecule has 0 unspecified atom stereocenters. The first-order valence-electron chi connectivity index (χ1n) is 7.41. The lowest BCUT2D eigenvalue weighted by Gasteiger charge is -2.32. The summed E-state index contributed by atoms with van der Waals surface area (Å²) < 4.78 is 0. The van der Waals surface area contributed by atoms with Crippen molar-refractivity contribution in [3.63, 3.8) is 0 Å². The highest BCUT2D eigenvalue weighted by Gasteiger charge is 2.18. The monoisotopic (exact) mass is 239 g/mol. The quantitative estimate of drug-likeness (QED) is 0.709. The summed E-state index contributed by atoms with van der Waals surface area (Å²) >= 11 is 0. The fourth-order valence-corrected chi connectivity index (χ4v) is 3.19. The number of rotatable bonds is 6. The number of piperidine rings is 1. The minimum Gasteiger partial charge on any atom is -0.303 e. The number of nitrogens with zero attached hydrogens (tertiary/aromatic N) is 2. The Morgan fingerprint density at radius 3 is 2.06 bits per heavy atom. The van der Waals surface area contributed by atoms with Crippen molar-refractivity contribution in [2.24, 2.45) is 5.92 Å². The van der Waals surface area contributed by atoms with Crippen LogP contribution in [0.2, 0.25) is 0 Å². The molecular weight excluding hydrogens is 212 g/mol. The molecule has 17 heavy (non-hydrogen) atoms. The van der Waals surface area contributed by atoms with Crippen LogP contribution in [0.25, 0.3) is 0 Å². The largest absolute Gasteiger partial charge is 0.303 e. The van der Waals surface area contributed by atoms with Crippen LogP contribution >= 0.6 is 0 Å². The molecule has 0 aromatic heterocycles. The van der Waals surface area contributed by atoms with E-state index in [0.29, 0.717) is 0 Å². The molecule has 0 amide bonds. The molecule has 99 valence electrons. The van der Waals surface area contributed by atoms with Crippen molar-refractivity contribution in [1.82, 2.24) is 9.80 Å². The van der Waals surface area contributed by atoms with Crippen molar-refractivity contribution in [2.45, 2.75) is 38.5 Å². The molecule has 2 fully saturated rings. The van der Waals surface area contributed by atoms with Gasteiger partial charge in [0, 0.05) is 0 Å². The summed E-state index contributed by atoms with van der Waals surface area (Å²) in [5, 5.41) is 10.6. The highest BCUT2D eigenvalue weighted by molar-refractivity contribution is 4.73. The van der Waals surface area contributed by atoms with Crippen LogP contribution in [-0.2, 0) is 5.11 Å². The van der Waals surface area contributed by atoms with Crippen molar-refractivity contribution in [3.05, 3.63) is 0 Å². The predicted octanol–water partition coefficient (Wildman–Crippen LogP) is 2.00. The van der Waals surface area contributed by atoms with Gasteiger partial charge in [0.1, 0.15) is 0 Å². The minimum atomic E-state index is 0.125. The first-order valence-corrected chi connectivity index (χ1v) is 7.41. The van der Waals surface area contributed by atoms with Crippen LogP contribution in [0.4, 0.5) is 0 Å². The lowest BCUT2D eigenvalue weighted by atomic mass is 9.94. The summed E-state index contributed by atoms with van der Waals surface area (Å²) in [5.41, 5.74) is 0. The Hall–Kier alpha value is -0.120. The van der Waals surface area contributed by atoms with Crippen LogP contribution in [0, 0.1) is 5.92 Å². The molecule has 0 aromatic rings. The number of likely N-dealkylation sites (tertiary alicyclic amines) is 2. The maximum atomic E-state index is 10.6. The molecule has 0 saturated carbocycles. The predicted molar refractivity (Wildman–Crippen MR) is 69.6 cm³/mol.